The third-order valence-electron chi connectivity index (χ3n) is 3.40. The lowest BCUT2D eigenvalue weighted by Gasteiger charge is -2.20. The van der Waals surface area contributed by atoms with Gasteiger partial charge in [0.2, 0.25) is 0 Å². The second-order valence-electron chi connectivity index (χ2n) is 5.12. The molecular formula is C17H17N5O2. The number of amides is 1. The highest BCUT2D eigenvalue weighted by atomic mass is 16.5. The fraction of sp³-hybridized carbons (Fsp3) is 0.176. The highest BCUT2D eigenvalue weighted by molar-refractivity contribution is 6.05. The highest BCUT2D eigenvalue weighted by Gasteiger charge is 2.18. The Bertz CT molecular complexity index is 832. The molecule has 0 unspecified atom stereocenters. The first-order valence-corrected chi connectivity index (χ1v) is 7.56. The van der Waals surface area contributed by atoms with Crippen molar-refractivity contribution in [3.8, 4) is 0 Å². The van der Waals surface area contributed by atoms with E-state index in [2.05, 4.69) is 20.4 Å². The first kappa shape index (κ1) is 15.7. The molecule has 24 heavy (non-hydrogen) atoms. The maximum Gasteiger partial charge on any atom is 0.277 e. The number of carbonyl (C=O) groups excluding carboxylic acids is 1. The number of aromatic nitrogens is 3. The molecule has 1 amide bonds. The minimum absolute atomic E-state index is 0.189. The first-order valence-electron chi connectivity index (χ1n) is 7.56. The van der Waals surface area contributed by atoms with E-state index in [1.54, 1.807) is 24.0 Å². The summed E-state index contributed by atoms with van der Waals surface area (Å²) in [5.41, 5.74) is 1.13. The molecule has 2 aromatic heterocycles. The molecule has 1 aromatic carbocycles. The predicted molar refractivity (Wildman–Crippen MR) is 90.3 cm³/mol. The van der Waals surface area contributed by atoms with Crippen molar-refractivity contribution >= 4 is 23.2 Å². The van der Waals surface area contributed by atoms with Crippen LogP contribution in [0.2, 0.25) is 0 Å². The Morgan fingerprint density at radius 1 is 1.17 bits per heavy atom. The van der Waals surface area contributed by atoms with E-state index in [9.17, 15) is 4.79 Å². The molecule has 2 heterocycles. The summed E-state index contributed by atoms with van der Waals surface area (Å²) in [6.45, 7) is 4.26. The number of carbonyl (C=O) groups is 1. The lowest BCUT2D eigenvalue weighted by Crippen LogP contribution is -2.31. The second-order valence-corrected chi connectivity index (χ2v) is 5.12. The van der Waals surface area contributed by atoms with Crippen molar-refractivity contribution in [2.45, 2.75) is 13.8 Å². The molecule has 0 aliphatic carbocycles. The van der Waals surface area contributed by atoms with E-state index < -0.39 is 0 Å². The molecule has 0 spiro atoms. The summed E-state index contributed by atoms with van der Waals surface area (Å²) in [6, 6.07) is 12.8. The van der Waals surface area contributed by atoms with Gasteiger partial charge in [-0.25, -0.2) is 9.97 Å². The largest absolute Gasteiger partial charge is 0.360 e. The molecule has 1 N–H and O–H groups in total. The summed E-state index contributed by atoms with van der Waals surface area (Å²) in [4.78, 5) is 22.6. The molecule has 7 nitrogen and oxygen atoms in total. The minimum atomic E-state index is -0.189. The number of hydrogen-bond donors (Lipinski definition) is 1. The quantitative estimate of drug-likeness (QED) is 0.776. The van der Waals surface area contributed by atoms with Crippen molar-refractivity contribution < 1.29 is 9.32 Å². The van der Waals surface area contributed by atoms with E-state index in [0.717, 1.165) is 5.69 Å². The van der Waals surface area contributed by atoms with Gasteiger partial charge >= 0.3 is 0 Å². The van der Waals surface area contributed by atoms with Crippen LogP contribution < -0.4 is 10.2 Å². The van der Waals surface area contributed by atoms with Gasteiger partial charge in [0.1, 0.15) is 23.6 Å². The Morgan fingerprint density at radius 3 is 2.62 bits per heavy atom. The van der Waals surface area contributed by atoms with Crippen LogP contribution in [-0.2, 0) is 0 Å². The predicted octanol–water partition coefficient (Wildman–Crippen LogP) is 3.18. The molecule has 0 aliphatic heterocycles. The summed E-state index contributed by atoms with van der Waals surface area (Å²) < 4.78 is 5.00. The SMILES string of the molecule is CCN(C(=O)c1cc(Nc2cc(C)on2)ncn1)c1ccccc1. The molecule has 0 saturated carbocycles. The fourth-order valence-electron chi connectivity index (χ4n) is 2.29. The van der Waals surface area contributed by atoms with Gasteiger partial charge in [-0.05, 0) is 26.0 Å². The first-order chi connectivity index (χ1) is 11.7. The molecular weight excluding hydrogens is 306 g/mol. The van der Waals surface area contributed by atoms with Crippen LogP contribution in [0.1, 0.15) is 23.2 Å². The maximum absolute atomic E-state index is 12.8. The molecule has 3 aromatic rings. The third-order valence-corrected chi connectivity index (χ3v) is 3.40. The van der Waals surface area contributed by atoms with Gasteiger partial charge in [0, 0.05) is 24.4 Å². The average molecular weight is 323 g/mol. The van der Waals surface area contributed by atoms with E-state index in [4.69, 9.17) is 4.52 Å². The molecule has 7 heteroatoms. The second kappa shape index (κ2) is 6.91. The zero-order valence-corrected chi connectivity index (χ0v) is 13.4. The number of aryl methyl sites for hydroxylation is 1. The standard InChI is InChI=1S/C17H17N5O2/c1-3-22(13-7-5-4-6-8-13)17(23)14-10-15(19-11-18-14)20-16-9-12(2)24-21-16/h4-11H,3H2,1-2H3,(H,18,19,20,21). The Labute approximate surface area is 139 Å². The maximum atomic E-state index is 12.8. The van der Waals surface area contributed by atoms with Crippen molar-refractivity contribution in [3.05, 3.63) is 60.2 Å². The summed E-state index contributed by atoms with van der Waals surface area (Å²) in [5, 5.41) is 6.83. The Kier molecular flexibility index (Phi) is 4.51. The lowest BCUT2D eigenvalue weighted by atomic mass is 10.2. The van der Waals surface area contributed by atoms with Gasteiger partial charge in [-0.2, -0.15) is 0 Å². The molecule has 122 valence electrons. The fourth-order valence-corrected chi connectivity index (χ4v) is 2.29. The zero-order valence-electron chi connectivity index (χ0n) is 13.4. The van der Waals surface area contributed by atoms with Crippen molar-refractivity contribution in [1.82, 2.24) is 15.1 Å². The van der Waals surface area contributed by atoms with Crippen LogP contribution in [0.15, 0.2) is 53.3 Å². The van der Waals surface area contributed by atoms with Crippen LogP contribution in [-0.4, -0.2) is 27.6 Å². The number of benzene rings is 1. The lowest BCUT2D eigenvalue weighted by molar-refractivity contribution is 0.0983. The highest BCUT2D eigenvalue weighted by Crippen LogP contribution is 2.18. The van der Waals surface area contributed by atoms with Crippen LogP contribution in [0.3, 0.4) is 0 Å². The zero-order chi connectivity index (χ0) is 16.9. The number of rotatable bonds is 5. The van der Waals surface area contributed by atoms with Crippen LogP contribution in [0, 0.1) is 6.92 Å². The van der Waals surface area contributed by atoms with Crippen molar-refractivity contribution in [2.24, 2.45) is 0 Å². The van der Waals surface area contributed by atoms with Crippen LogP contribution in [0.5, 0.6) is 0 Å². The number of anilines is 3. The molecule has 0 atom stereocenters. The monoisotopic (exact) mass is 323 g/mol. The van der Waals surface area contributed by atoms with E-state index in [0.29, 0.717) is 29.6 Å². The van der Waals surface area contributed by atoms with Crippen LogP contribution >= 0.6 is 0 Å². The summed E-state index contributed by atoms with van der Waals surface area (Å²) in [7, 11) is 0. The van der Waals surface area contributed by atoms with Crippen LogP contribution in [0.25, 0.3) is 0 Å². The van der Waals surface area contributed by atoms with E-state index in [1.165, 1.54) is 6.33 Å². The molecule has 0 bridgehead atoms. The number of nitrogens with zero attached hydrogens (tertiary/aromatic N) is 4. The van der Waals surface area contributed by atoms with Gasteiger partial charge in [0.25, 0.3) is 5.91 Å². The summed E-state index contributed by atoms with van der Waals surface area (Å²) in [6.07, 6.45) is 1.35. The van der Waals surface area contributed by atoms with Crippen molar-refractivity contribution in [1.29, 1.82) is 0 Å². The Balaban J connectivity index is 1.83. The van der Waals surface area contributed by atoms with Gasteiger partial charge in [-0.15, -0.1) is 0 Å². The molecule has 0 fully saturated rings. The molecule has 3 rings (SSSR count). The van der Waals surface area contributed by atoms with E-state index in [-0.39, 0.29) is 5.91 Å². The van der Waals surface area contributed by atoms with Crippen molar-refractivity contribution in [3.63, 3.8) is 0 Å². The molecule has 0 saturated heterocycles. The normalized spacial score (nSPS) is 10.4. The van der Waals surface area contributed by atoms with Gasteiger partial charge in [0.15, 0.2) is 5.82 Å². The number of hydrogen-bond acceptors (Lipinski definition) is 6. The van der Waals surface area contributed by atoms with E-state index >= 15 is 0 Å². The third kappa shape index (κ3) is 3.40. The molecule has 0 aliphatic rings. The van der Waals surface area contributed by atoms with Gasteiger partial charge in [0.05, 0.1) is 0 Å². The Morgan fingerprint density at radius 2 is 1.96 bits per heavy atom. The Hall–Kier alpha value is -3.22. The number of nitrogens with one attached hydrogen (secondary N) is 1. The number of para-hydroxylation sites is 1. The van der Waals surface area contributed by atoms with Gasteiger partial charge < -0.3 is 14.7 Å². The topological polar surface area (TPSA) is 84.2 Å². The van der Waals surface area contributed by atoms with Gasteiger partial charge in [-0.1, -0.05) is 23.4 Å². The summed E-state index contributed by atoms with van der Waals surface area (Å²) >= 11 is 0. The summed E-state index contributed by atoms with van der Waals surface area (Å²) in [5.74, 6) is 1.50. The van der Waals surface area contributed by atoms with Crippen molar-refractivity contribution in [2.75, 3.05) is 16.8 Å². The van der Waals surface area contributed by atoms with Gasteiger partial charge in [-0.3, -0.25) is 4.79 Å². The average Bonchev–Trinajstić information content (AvgIpc) is 3.01. The smallest absolute Gasteiger partial charge is 0.277 e. The minimum Gasteiger partial charge on any atom is -0.360 e. The molecule has 0 radical (unpaired) electrons. The van der Waals surface area contributed by atoms with E-state index in [1.807, 2.05) is 37.3 Å². The van der Waals surface area contributed by atoms with Crippen LogP contribution in [0.4, 0.5) is 17.3 Å².